The van der Waals surface area contributed by atoms with Gasteiger partial charge in [-0.1, -0.05) is 18.2 Å². The Bertz CT molecular complexity index is 1260. The van der Waals surface area contributed by atoms with Gasteiger partial charge in [0.05, 0.1) is 36.9 Å². The van der Waals surface area contributed by atoms with E-state index in [9.17, 15) is 9.18 Å². The Morgan fingerprint density at radius 3 is 2.34 bits per heavy atom. The SMILES string of the molecule is COc1ccc([C@H]2CC(=O)c3c(C)nc(N4CCN(c5ccccc5F)CC4)nc3C2)cc1OC. The molecule has 0 N–H and O–H groups in total. The summed E-state index contributed by atoms with van der Waals surface area (Å²) in [5.74, 6) is 1.82. The van der Waals surface area contributed by atoms with E-state index < -0.39 is 0 Å². The Labute approximate surface area is 204 Å². The number of aryl methyl sites for hydroxylation is 1. The highest BCUT2D eigenvalue weighted by atomic mass is 19.1. The van der Waals surface area contributed by atoms with Gasteiger partial charge in [-0.25, -0.2) is 14.4 Å². The van der Waals surface area contributed by atoms with Crippen molar-refractivity contribution in [1.82, 2.24) is 9.97 Å². The largest absolute Gasteiger partial charge is 0.493 e. The Morgan fingerprint density at radius 2 is 1.63 bits per heavy atom. The molecule has 0 unspecified atom stereocenters. The normalized spacial score (nSPS) is 17.8. The monoisotopic (exact) mass is 476 g/mol. The third-order valence-electron chi connectivity index (χ3n) is 6.94. The summed E-state index contributed by atoms with van der Waals surface area (Å²) in [6.45, 7) is 4.59. The van der Waals surface area contributed by atoms with Gasteiger partial charge in [0.2, 0.25) is 5.95 Å². The number of carbonyl (C=O) groups excluding carboxylic acids is 1. The Morgan fingerprint density at radius 1 is 0.914 bits per heavy atom. The second-order valence-electron chi connectivity index (χ2n) is 9.00. The van der Waals surface area contributed by atoms with Gasteiger partial charge in [0.1, 0.15) is 5.82 Å². The number of rotatable bonds is 5. The number of halogens is 1. The van der Waals surface area contributed by atoms with Crippen LogP contribution in [-0.4, -0.2) is 56.1 Å². The first-order valence-corrected chi connectivity index (χ1v) is 11.9. The van der Waals surface area contributed by atoms with E-state index in [2.05, 4.69) is 9.88 Å². The van der Waals surface area contributed by atoms with Gasteiger partial charge < -0.3 is 19.3 Å². The van der Waals surface area contributed by atoms with Crippen LogP contribution in [0.2, 0.25) is 0 Å². The fourth-order valence-electron chi connectivity index (χ4n) is 5.10. The Balaban J connectivity index is 1.37. The molecule has 0 saturated carbocycles. The number of Topliss-reactive ketones (excluding diaryl/α,β-unsaturated/α-hetero) is 1. The molecule has 8 heteroatoms. The van der Waals surface area contributed by atoms with Gasteiger partial charge in [-0.3, -0.25) is 4.79 Å². The van der Waals surface area contributed by atoms with Gasteiger partial charge in [0, 0.05) is 32.6 Å². The quantitative estimate of drug-likeness (QED) is 0.547. The average molecular weight is 477 g/mol. The van der Waals surface area contributed by atoms with Gasteiger partial charge in [-0.2, -0.15) is 0 Å². The highest BCUT2D eigenvalue weighted by molar-refractivity contribution is 5.99. The smallest absolute Gasteiger partial charge is 0.225 e. The first-order chi connectivity index (χ1) is 17.0. The minimum Gasteiger partial charge on any atom is -0.493 e. The number of hydrogen-bond donors (Lipinski definition) is 0. The van der Waals surface area contributed by atoms with Crippen LogP contribution in [0.25, 0.3) is 0 Å². The molecule has 1 atom stereocenters. The number of fused-ring (bicyclic) bond motifs is 1. The van der Waals surface area contributed by atoms with Crippen molar-refractivity contribution in [3.63, 3.8) is 0 Å². The van der Waals surface area contributed by atoms with Gasteiger partial charge in [0.15, 0.2) is 17.3 Å². The molecule has 7 nitrogen and oxygen atoms in total. The molecule has 1 aliphatic carbocycles. The molecule has 182 valence electrons. The van der Waals surface area contributed by atoms with Gasteiger partial charge in [-0.15, -0.1) is 0 Å². The number of para-hydroxylation sites is 1. The summed E-state index contributed by atoms with van der Waals surface area (Å²) in [4.78, 5) is 26.8. The molecule has 1 aliphatic heterocycles. The molecule has 1 aromatic heterocycles. The molecule has 1 fully saturated rings. The lowest BCUT2D eigenvalue weighted by Crippen LogP contribution is -2.47. The van der Waals surface area contributed by atoms with E-state index in [1.165, 1.54) is 6.07 Å². The number of ether oxygens (including phenoxy) is 2. The molecule has 35 heavy (non-hydrogen) atoms. The van der Waals surface area contributed by atoms with Crippen LogP contribution in [0, 0.1) is 12.7 Å². The van der Waals surface area contributed by atoms with Crippen molar-refractivity contribution >= 4 is 17.4 Å². The molecule has 0 spiro atoms. The number of piperazine rings is 1. The molecule has 2 heterocycles. The zero-order chi connectivity index (χ0) is 24.5. The van der Waals surface area contributed by atoms with Crippen LogP contribution in [0.1, 0.15) is 39.6 Å². The van der Waals surface area contributed by atoms with Crippen LogP contribution in [0.3, 0.4) is 0 Å². The van der Waals surface area contributed by atoms with Crippen molar-refractivity contribution in [1.29, 1.82) is 0 Å². The van der Waals surface area contributed by atoms with E-state index in [0.29, 0.717) is 67.7 Å². The predicted octanol–water partition coefficient (Wildman–Crippen LogP) is 4.18. The molecular formula is C27H29FN4O3. The molecule has 0 radical (unpaired) electrons. The molecule has 5 rings (SSSR count). The lowest BCUT2D eigenvalue weighted by atomic mass is 9.81. The zero-order valence-corrected chi connectivity index (χ0v) is 20.3. The average Bonchev–Trinajstić information content (AvgIpc) is 2.88. The summed E-state index contributed by atoms with van der Waals surface area (Å²) in [6.07, 6.45) is 1.06. The number of nitrogens with zero attached hydrogens (tertiary/aromatic N) is 4. The second-order valence-corrected chi connectivity index (χ2v) is 9.00. The van der Waals surface area contributed by atoms with Crippen LogP contribution in [0.4, 0.5) is 16.0 Å². The molecule has 2 aliphatic rings. The third-order valence-corrected chi connectivity index (χ3v) is 6.94. The van der Waals surface area contributed by atoms with E-state index in [-0.39, 0.29) is 17.5 Å². The molecule has 1 saturated heterocycles. The number of benzene rings is 2. The van der Waals surface area contributed by atoms with Crippen molar-refractivity contribution in [2.45, 2.75) is 25.7 Å². The maximum atomic E-state index is 14.2. The molecule has 0 bridgehead atoms. The fourth-order valence-corrected chi connectivity index (χ4v) is 5.10. The van der Waals surface area contributed by atoms with E-state index in [1.54, 1.807) is 20.3 Å². The van der Waals surface area contributed by atoms with Crippen LogP contribution in [0.5, 0.6) is 11.5 Å². The lowest BCUT2D eigenvalue weighted by Gasteiger charge is -2.36. The summed E-state index contributed by atoms with van der Waals surface area (Å²) in [6, 6.07) is 12.7. The topological polar surface area (TPSA) is 67.8 Å². The van der Waals surface area contributed by atoms with Crippen LogP contribution < -0.4 is 19.3 Å². The maximum Gasteiger partial charge on any atom is 0.225 e. The van der Waals surface area contributed by atoms with Crippen molar-refractivity contribution in [3.8, 4) is 11.5 Å². The Kier molecular flexibility index (Phi) is 6.28. The first kappa shape index (κ1) is 23.1. The number of hydrogen-bond acceptors (Lipinski definition) is 7. The molecule has 0 amide bonds. The summed E-state index contributed by atoms with van der Waals surface area (Å²) in [5.41, 5.74) is 3.81. The molecule has 2 aromatic carbocycles. The van der Waals surface area contributed by atoms with Gasteiger partial charge in [0.25, 0.3) is 0 Å². The van der Waals surface area contributed by atoms with Crippen LogP contribution >= 0.6 is 0 Å². The summed E-state index contributed by atoms with van der Waals surface area (Å²) in [7, 11) is 3.22. The van der Waals surface area contributed by atoms with Crippen LogP contribution in [-0.2, 0) is 6.42 Å². The van der Waals surface area contributed by atoms with Crippen LogP contribution in [0.15, 0.2) is 42.5 Å². The molecular weight excluding hydrogens is 447 g/mol. The van der Waals surface area contributed by atoms with E-state index in [0.717, 1.165) is 17.0 Å². The number of methoxy groups -OCH3 is 2. The summed E-state index contributed by atoms with van der Waals surface area (Å²) in [5, 5.41) is 0. The van der Waals surface area contributed by atoms with Crippen molar-refractivity contribution in [3.05, 3.63) is 70.8 Å². The van der Waals surface area contributed by atoms with Crippen molar-refractivity contribution in [2.24, 2.45) is 0 Å². The second kappa shape index (κ2) is 9.52. The third kappa shape index (κ3) is 4.40. The number of anilines is 2. The summed E-state index contributed by atoms with van der Waals surface area (Å²) >= 11 is 0. The summed E-state index contributed by atoms with van der Waals surface area (Å²) < 4.78 is 25.0. The molecule has 3 aromatic rings. The van der Waals surface area contributed by atoms with E-state index >= 15 is 0 Å². The van der Waals surface area contributed by atoms with E-state index in [4.69, 9.17) is 14.5 Å². The highest BCUT2D eigenvalue weighted by Gasteiger charge is 2.31. The number of aromatic nitrogens is 2. The Hall–Kier alpha value is -3.68. The van der Waals surface area contributed by atoms with Crippen molar-refractivity contribution in [2.75, 3.05) is 50.2 Å². The zero-order valence-electron chi connectivity index (χ0n) is 20.3. The number of carbonyl (C=O) groups is 1. The maximum absolute atomic E-state index is 14.2. The fraction of sp³-hybridized carbons (Fsp3) is 0.370. The standard InChI is InChI=1S/C27H29FN4O3/c1-17-26-21(14-19(15-23(26)33)18-8-9-24(34-2)25(16-18)35-3)30-27(29-17)32-12-10-31(11-13-32)22-7-5-4-6-20(22)28/h4-9,16,19H,10-15H2,1-3H3/t19-/m1/s1. The lowest BCUT2D eigenvalue weighted by molar-refractivity contribution is 0.0962. The predicted molar refractivity (Wildman–Crippen MR) is 133 cm³/mol. The van der Waals surface area contributed by atoms with Gasteiger partial charge >= 0.3 is 0 Å². The minimum atomic E-state index is -0.207. The first-order valence-electron chi connectivity index (χ1n) is 11.9. The highest BCUT2D eigenvalue weighted by Crippen LogP contribution is 2.37. The van der Waals surface area contributed by atoms with E-state index in [1.807, 2.05) is 42.2 Å². The number of ketones is 1. The van der Waals surface area contributed by atoms with Gasteiger partial charge in [-0.05, 0) is 49.1 Å². The minimum absolute atomic E-state index is 0.00913. The van der Waals surface area contributed by atoms with Crippen molar-refractivity contribution < 1.29 is 18.7 Å².